The maximum atomic E-state index is 13.9. The highest BCUT2D eigenvalue weighted by Gasteiger charge is 2.51. The number of carboxylic acid groups (broad SMARTS) is 1. The van der Waals surface area contributed by atoms with Crippen molar-refractivity contribution in [2.45, 2.75) is 56.9 Å². The zero-order valence-corrected chi connectivity index (χ0v) is 21.3. The van der Waals surface area contributed by atoms with Gasteiger partial charge in [-0.15, -0.1) is 0 Å². The number of ether oxygens (including phenoxy) is 4. The monoisotopic (exact) mass is 522 g/mol. The van der Waals surface area contributed by atoms with Crippen molar-refractivity contribution in [1.82, 2.24) is 9.97 Å². The average Bonchev–Trinajstić information content (AvgIpc) is 2.89. The molecular weight excluding hydrogens is 492 g/mol. The number of carboxylic acids is 1. The molecule has 0 amide bonds. The molecule has 4 unspecified atom stereocenters. The Hall–Kier alpha value is -3.86. The molecule has 0 aliphatic carbocycles. The zero-order valence-electron chi connectivity index (χ0n) is 21.3. The van der Waals surface area contributed by atoms with Crippen molar-refractivity contribution in [1.29, 1.82) is 0 Å². The van der Waals surface area contributed by atoms with Crippen molar-refractivity contribution in [2.24, 2.45) is 0 Å². The minimum absolute atomic E-state index is 0.0641. The van der Waals surface area contributed by atoms with Crippen molar-refractivity contribution in [2.75, 3.05) is 7.11 Å². The van der Waals surface area contributed by atoms with Gasteiger partial charge in [0.05, 0.1) is 6.10 Å². The summed E-state index contributed by atoms with van der Waals surface area (Å²) in [5.41, 5.74) is 0.913. The highest BCUT2D eigenvalue weighted by Crippen LogP contribution is 2.39. The third-order valence-electron chi connectivity index (χ3n) is 6.29. The van der Waals surface area contributed by atoms with E-state index in [4.69, 9.17) is 18.9 Å². The Bertz CT molecular complexity index is 1190. The summed E-state index contributed by atoms with van der Waals surface area (Å²) < 4.78 is 23.4. The Kier molecular flexibility index (Phi) is 8.35. The molecule has 200 valence electrons. The van der Waals surface area contributed by atoms with Crippen LogP contribution in [0.15, 0.2) is 66.7 Å². The summed E-state index contributed by atoms with van der Waals surface area (Å²) in [5.74, 6) is -2.17. The van der Waals surface area contributed by atoms with Crippen LogP contribution in [0.3, 0.4) is 0 Å². The first-order chi connectivity index (χ1) is 18.2. The van der Waals surface area contributed by atoms with E-state index in [9.17, 15) is 19.8 Å². The van der Waals surface area contributed by atoms with E-state index < -0.39 is 42.1 Å². The number of aromatic nitrogens is 2. The molecule has 2 aromatic carbocycles. The molecule has 1 aliphatic rings. The smallest absolute Gasteiger partial charge is 0.353 e. The lowest BCUT2D eigenvalue weighted by atomic mass is 9.81. The number of carbonyl (C=O) groups is 2. The molecule has 4 atom stereocenters. The van der Waals surface area contributed by atoms with Crippen LogP contribution in [0.1, 0.15) is 35.4 Å². The third kappa shape index (κ3) is 5.83. The van der Waals surface area contributed by atoms with E-state index in [0.29, 0.717) is 22.5 Å². The normalized spacial score (nSPS) is 20.4. The van der Waals surface area contributed by atoms with Crippen LogP contribution < -0.4 is 4.74 Å². The van der Waals surface area contributed by atoms with Gasteiger partial charge in [0.15, 0.2) is 11.7 Å². The Morgan fingerprint density at radius 1 is 0.974 bits per heavy atom. The maximum absolute atomic E-state index is 13.9. The average molecular weight is 523 g/mol. The van der Waals surface area contributed by atoms with Gasteiger partial charge in [0.1, 0.15) is 0 Å². The quantitative estimate of drug-likeness (QED) is 0.404. The lowest BCUT2D eigenvalue weighted by molar-refractivity contribution is -0.231. The first kappa shape index (κ1) is 27.2. The van der Waals surface area contributed by atoms with E-state index in [2.05, 4.69) is 9.97 Å². The second-order valence-corrected chi connectivity index (χ2v) is 9.06. The Morgan fingerprint density at radius 2 is 1.53 bits per heavy atom. The topological polar surface area (TPSA) is 137 Å². The van der Waals surface area contributed by atoms with Crippen LogP contribution in [0, 0.1) is 13.8 Å². The second-order valence-electron chi connectivity index (χ2n) is 9.06. The molecule has 4 rings (SSSR count). The lowest BCUT2D eigenvalue weighted by Gasteiger charge is -2.39. The standard InChI is InChI=1S/C28H30N2O8/c1-17-14-18(2)30-27(29-17)38-24(26(34)37-23-16-21(31)15-22(36-23)25(32)33)28(35-3,19-10-6-4-7-11-19)20-12-8-5-9-13-20/h4-14,21-24,31H,15-16H2,1-3H3,(H,32,33). The number of benzene rings is 2. The highest BCUT2D eigenvalue weighted by atomic mass is 16.7. The molecule has 2 N–H and O–H groups in total. The fourth-order valence-electron chi connectivity index (χ4n) is 4.62. The van der Waals surface area contributed by atoms with Crippen molar-refractivity contribution in [3.63, 3.8) is 0 Å². The van der Waals surface area contributed by atoms with Gasteiger partial charge in [-0.05, 0) is 31.0 Å². The van der Waals surface area contributed by atoms with Gasteiger partial charge in [-0.2, -0.15) is 0 Å². The Balaban J connectivity index is 1.81. The van der Waals surface area contributed by atoms with Crippen LogP contribution in [-0.2, 0) is 29.4 Å². The lowest BCUT2D eigenvalue weighted by Crippen LogP contribution is -2.53. The molecule has 1 fully saturated rings. The Labute approximate surface area is 220 Å². The fraction of sp³-hybridized carbons (Fsp3) is 0.357. The van der Waals surface area contributed by atoms with E-state index >= 15 is 0 Å². The van der Waals surface area contributed by atoms with Crippen LogP contribution >= 0.6 is 0 Å². The number of esters is 1. The van der Waals surface area contributed by atoms with Gasteiger partial charge in [0.2, 0.25) is 12.4 Å². The zero-order chi connectivity index (χ0) is 27.3. The molecule has 10 heteroatoms. The minimum atomic E-state index is -1.53. The molecule has 10 nitrogen and oxygen atoms in total. The van der Waals surface area contributed by atoms with E-state index in [1.54, 1.807) is 68.4 Å². The number of methoxy groups -OCH3 is 1. The molecule has 38 heavy (non-hydrogen) atoms. The van der Waals surface area contributed by atoms with Gasteiger partial charge in [0, 0.05) is 31.3 Å². The number of rotatable bonds is 9. The van der Waals surface area contributed by atoms with Crippen molar-refractivity contribution < 1.29 is 38.7 Å². The number of aliphatic carboxylic acids is 1. The first-order valence-corrected chi connectivity index (χ1v) is 12.1. The van der Waals surface area contributed by atoms with Gasteiger partial charge >= 0.3 is 17.9 Å². The van der Waals surface area contributed by atoms with Gasteiger partial charge in [-0.25, -0.2) is 19.6 Å². The number of aliphatic hydroxyl groups is 1. The van der Waals surface area contributed by atoms with Crippen LogP contribution in [0.2, 0.25) is 0 Å². The number of aliphatic hydroxyl groups excluding tert-OH is 1. The number of aryl methyl sites for hydroxylation is 2. The summed E-state index contributed by atoms with van der Waals surface area (Å²) in [5, 5.41) is 19.6. The fourth-order valence-corrected chi connectivity index (χ4v) is 4.62. The maximum Gasteiger partial charge on any atom is 0.353 e. The molecular formula is C28H30N2O8. The third-order valence-corrected chi connectivity index (χ3v) is 6.29. The molecule has 1 saturated heterocycles. The highest BCUT2D eigenvalue weighted by molar-refractivity contribution is 5.79. The largest absolute Gasteiger partial charge is 0.479 e. The molecule has 0 saturated carbocycles. The van der Waals surface area contributed by atoms with Crippen LogP contribution in [0.25, 0.3) is 0 Å². The van der Waals surface area contributed by atoms with Gasteiger partial charge in [-0.1, -0.05) is 60.7 Å². The molecule has 1 aliphatic heterocycles. The van der Waals surface area contributed by atoms with Gasteiger partial charge < -0.3 is 29.2 Å². The SMILES string of the molecule is COC(c1ccccc1)(c1ccccc1)C(Oc1nc(C)cc(C)n1)C(=O)OC1CC(O)CC(C(=O)O)O1. The van der Waals surface area contributed by atoms with E-state index in [-0.39, 0.29) is 18.9 Å². The molecule has 0 spiro atoms. The molecule has 2 heterocycles. The number of nitrogens with zero attached hydrogens (tertiary/aromatic N) is 2. The summed E-state index contributed by atoms with van der Waals surface area (Å²) in [4.78, 5) is 34.1. The number of hydrogen-bond acceptors (Lipinski definition) is 9. The first-order valence-electron chi connectivity index (χ1n) is 12.1. The van der Waals surface area contributed by atoms with Crippen molar-refractivity contribution in [3.8, 4) is 6.01 Å². The summed E-state index contributed by atoms with van der Waals surface area (Å²) in [6.07, 6.45) is -5.38. The van der Waals surface area contributed by atoms with Crippen LogP contribution in [-0.4, -0.2) is 63.8 Å². The van der Waals surface area contributed by atoms with Gasteiger partial charge in [-0.3, -0.25) is 0 Å². The van der Waals surface area contributed by atoms with E-state index in [1.807, 2.05) is 12.1 Å². The molecule has 1 aromatic heterocycles. The second kappa shape index (κ2) is 11.7. The molecule has 3 aromatic rings. The van der Waals surface area contributed by atoms with Crippen LogP contribution in [0.5, 0.6) is 6.01 Å². The minimum Gasteiger partial charge on any atom is -0.479 e. The van der Waals surface area contributed by atoms with E-state index in [0.717, 1.165) is 0 Å². The van der Waals surface area contributed by atoms with Crippen LogP contribution in [0.4, 0.5) is 0 Å². The van der Waals surface area contributed by atoms with E-state index in [1.165, 1.54) is 7.11 Å². The Morgan fingerprint density at radius 3 is 2.03 bits per heavy atom. The number of hydrogen-bond donors (Lipinski definition) is 2. The number of carbonyl (C=O) groups excluding carboxylic acids is 1. The predicted octanol–water partition coefficient (Wildman–Crippen LogP) is 2.92. The molecule has 0 bridgehead atoms. The summed E-state index contributed by atoms with van der Waals surface area (Å²) in [7, 11) is 1.45. The summed E-state index contributed by atoms with van der Waals surface area (Å²) in [6.45, 7) is 3.55. The summed E-state index contributed by atoms with van der Waals surface area (Å²) >= 11 is 0. The molecule has 0 radical (unpaired) electrons. The van der Waals surface area contributed by atoms with Crippen molar-refractivity contribution in [3.05, 3.63) is 89.2 Å². The predicted molar refractivity (Wildman–Crippen MR) is 134 cm³/mol. The van der Waals surface area contributed by atoms with Crippen molar-refractivity contribution >= 4 is 11.9 Å². The van der Waals surface area contributed by atoms with Gasteiger partial charge in [0.25, 0.3) is 0 Å². The summed E-state index contributed by atoms with van der Waals surface area (Å²) in [6, 6.07) is 19.8.